The first kappa shape index (κ1) is 24.4. The SMILES string of the molecule is O=[N+]([O-])c1ccc(/C(=C(\CCCO)c2ccccc2)c2ccc(C3CCN(C4CC4)CC3)cc2)cc1. The average Bonchev–Trinajstić information content (AvgIpc) is 3.78. The molecule has 0 atom stereocenters. The van der Waals surface area contributed by atoms with Crippen molar-refractivity contribution in [3.8, 4) is 0 Å². The number of likely N-dealkylation sites (tertiary alicyclic amines) is 1. The normalized spacial score (nSPS) is 17.6. The first-order chi connectivity index (χ1) is 17.6. The van der Waals surface area contributed by atoms with Gasteiger partial charge in [-0.2, -0.15) is 0 Å². The summed E-state index contributed by atoms with van der Waals surface area (Å²) >= 11 is 0. The molecule has 1 N–H and O–H groups in total. The molecule has 5 heteroatoms. The molecule has 5 rings (SSSR count). The Labute approximate surface area is 213 Å². The molecular formula is C31H34N2O3. The van der Waals surface area contributed by atoms with E-state index in [0.717, 1.165) is 33.9 Å². The van der Waals surface area contributed by atoms with Gasteiger partial charge in [-0.3, -0.25) is 10.1 Å². The number of nitro benzene ring substituents is 1. The number of hydrogen-bond acceptors (Lipinski definition) is 4. The number of rotatable bonds is 9. The molecule has 1 heterocycles. The molecule has 0 amide bonds. The average molecular weight is 483 g/mol. The summed E-state index contributed by atoms with van der Waals surface area (Å²) in [6.45, 7) is 2.51. The van der Waals surface area contributed by atoms with Gasteiger partial charge < -0.3 is 10.0 Å². The van der Waals surface area contributed by atoms with Gasteiger partial charge in [-0.25, -0.2) is 0 Å². The van der Waals surface area contributed by atoms with Gasteiger partial charge in [0.25, 0.3) is 5.69 Å². The van der Waals surface area contributed by atoms with E-state index in [1.165, 1.54) is 44.3 Å². The molecule has 1 aliphatic carbocycles. The number of piperidine rings is 1. The monoisotopic (exact) mass is 482 g/mol. The number of allylic oxidation sites excluding steroid dienone is 1. The molecule has 36 heavy (non-hydrogen) atoms. The van der Waals surface area contributed by atoms with Crippen LogP contribution in [0.5, 0.6) is 0 Å². The summed E-state index contributed by atoms with van der Waals surface area (Å²) in [6.07, 6.45) is 6.54. The molecule has 3 aromatic rings. The molecule has 1 saturated heterocycles. The van der Waals surface area contributed by atoms with Crippen molar-refractivity contribution in [2.45, 2.75) is 50.5 Å². The maximum atomic E-state index is 11.3. The summed E-state index contributed by atoms with van der Waals surface area (Å²) < 4.78 is 0. The lowest BCUT2D eigenvalue weighted by Gasteiger charge is -2.32. The summed E-state index contributed by atoms with van der Waals surface area (Å²) in [5.41, 5.74) is 6.85. The Morgan fingerprint density at radius 2 is 1.44 bits per heavy atom. The fraction of sp³-hybridized carbons (Fsp3) is 0.355. The molecule has 0 unspecified atom stereocenters. The van der Waals surface area contributed by atoms with Gasteiger partial charge in [0.2, 0.25) is 0 Å². The summed E-state index contributed by atoms with van der Waals surface area (Å²) in [4.78, 5) is 13.6. The third-order valence-electron chi connectivity index (χ3n) is 7.64. The lowest BCUT2D eigenvalue weighted by atomic mass is 9.85. The van der Waals surface area contributed by atoms with Crippen molar-refractivity contribution in [2.75, 3.05) is 19.7 Å². The number of non-ortho nitro benzene ring substituents is 1. The maximum absolute atomic E-state index is 11.3. The van der Waals surface area contributed by atoms with Crippen LogP contribution in [0.4, 0.5) is 5.69 Å². The van der Waals surface area contributed by atoms with Crippen LogP contribution in [0.15, 0.2) is 78.9 Å². The Bertz CT molecular complexity index is 1190. The van der Waals surface area contributed by atoms with E-state index in [0.29, 0.717) is 18.8 Å². The second-order valence-corrected chi connectivity index (χ2v) is 10.0. The number of nitrogens with zero attached hydrogens (tertiary/aromatic N) is 2. The molecule has 2 aliphatic rings. The lowest BCUT2D eigenvalue weighted by molar-refractivity contribution is -0.384. The van der Waals surface area contributed by atoms with Gasteiger partial charge in [0.05, 0.1) is 4.92 Å². The summed E-state index contributed by atoms with van der Waals surface area (Å²) in [6, 6.07) is 26.9. The van der Waals surface area contributed by atoms with Gasteiger partial charge >= 0.3 is 0 Å². The highest BCUT2D eigenvalue weighted by molar-refractivity contribution is 5.98. The van der Waals surface area contributed by atoms with Crippen molar-refractivity contribution in [3.63, 3.8) is 0 Å². The van der Waals surface area contributed by atoms with Gasteiger partial charge in [0, 0.05) is 24.8 Å². The number of aliphatic hydroxyl groups excluding tert-OH is 1. The van der Waals surface area contributed by atoms with Crippen molar-refractivity contribution in [1.82, 2.24) is 4.90 Å². The largest absolute Gasteiger partial charge is 0.396 e. The van der Waals surface area contributed by atoms with Crippen LogP contribution in [-0.4, -0.2) is 40.7 Å². The van der Waals surface area contributed by atoms with E-state index >= 15 is 0 Å². The van der Waals surface area contributed by atoms with E-state index < -0.39 is 0 Å². The molecule has 0 radical (unpaired) electrons. The minimum atomic E-state index is -0.361. The zero-order valence-corrected chi connectivity index (χ0v) is 20.7. The van der Waals surface area contributed by atoms with Crippen LogP contribution in [0.2, 0.25) is 0 Å². The van der Waals surface area contributed by atoms with Crippen molar-refractivity contribution in [3.05, 3.63) is 111 Å². The number of aliphatic hydroxyl groups is 1. The Kier molecular flexibility index (Phi) is 7.59. The molecular weight excluding hydrogens is 448 g/mol. The minimum absolute atomic E-state index is 0.0857. The first-order valence-electron chi connectivity index (χ1n) is 13.1. The van der Waals surface area contributed by atoms with Gasteiger partial charge in [-0.15, -0.1) is 0 Å². The summed E-state index contributed by atoms with van der Waals surface area (Å²) in [5.74, 6) is 0.601. The Morgan fingerprint density at radius 3 is 2.00 bits per heavy atom. The van der Waals surface area contributed by atoms with Gasteiger partial charge in [-0.05, 0) is 103 Å². The van der Waals surface area contributed by atoms with Crippen molar-refractivity contribution >= 4 is 16.8 Å². The van der Waals surface area contributed by atoms with E-state index in [1.807, 2.05) is 30.3 Å². The standard InChI is InChI=1S/C31H34N2O3/c34-22-4-7-30(25-5-2-1-3-6-25)31(27-12-14-29(15-13-27)33(35)36)26-10-8-23(9-11-26)24-18-20-32(21-19-24)28-16-17-28/h1-3,5-6,8-15,24,28,34H,4,7,16-22H2/b31-30+. The number of benzene rings is 3. The minimum Gasteiger partial charge on any atom is -0.396 e. The summed E-state index contributed by atoms with van der Waals surface area (Å²) in [5, 5.41) is 20.9. The number of hydrogen-bond donors (Lipinski definition) is 1. The highest BCUT2D eigenvalue weighted by atomic mass is 16.6. The quantitative estimate of drug-likeness (QED) is 0.210. The lowest BCUT2D eigenvalue weighted by Crippen LogP contribution is -2.34. The maximum Gasteiger partial charge on any atom is 0.269 e. The Morgan fingerprint density at radius 1 is 0.833 bits per heavy atom. The van der Waals surface area contributed by atoms with E-state index in [9.17, 15) is 15.2 Å². The van der Waals surface area contributed by atoms with Gasteiger partial charge in [-0.1, -0.05) is 54.6 Å². The van der Waals surface area contributed by atoms with Crippen LogP contribution in [0.1, 0.15) is 66.7 Å². The van der Waals surface area contributed by atoms with E-state index in [2.05, 4.69) is 41.3 Å². The van der Waals surface area contributed by atoms with Crippen molar-refractivity contribution < 1.29 is 10.0 Å². The van der Waals surface area contributed by atoms with Crippen LogP contribution in [0, 0.1) is 10.1 Å². The number of nitro groups is 1. The van der Waals surface area contributed by atoms with Gasteiger partial charge in [0.1, 0.15) is 0 Å². The zero-order chi connectivity index (χ0) is 24.9. The highest BCUT2D eigenvalue weighted by Gasteiger charge is 2.32. The molecule has 186 valence electrons. The second-order valence-electron chi connectivity index (χ2n) is 10.0. The van der Waals surface area contributed by atoms with E-state index in [4.69, 9.17) is 0 Å². The fourth-order valence-corrected chi connectivity index (χ4v) is 5.53. The molecule has 5 nitrogen and oxygen atoms in total. The molecule has 2 fully saturated rings. The molecule has 1 saturated carbocycles. The molecule has 0 spiro atoms. The van der Waals surface area contributed by atoms with Crippen molar-refractivity contribution in [1.29, 1.82) is 0 Å². The first-order valence-corrected chi connectivity index (χ1v) is 13.1. The van der Waals surface area contributed by atoms with E-state index in [1.54, 1.807) is 12.1 Å². The topological polar surface area (TPSA) is 66.6 Å². The van der Waals surface area contributed by atoms with Crippen LogP contribution in [-0.2, 0) is 0 Å². The molecule has 0 aromatic heterocycles. The smallest absolute Gasteiger partial charge is 0.269 e. The summed E-state index contributed by atoms with van der Waals surface area (Å²) in [7, 11) is 0. The van der Waals surface area contributed by atoms with Crippen LogP contribution < -0.4 is 0 Å². The highest BCUT2D eigenvalue weighted by Crippen LogP contribution is 2.38. The van der Waals surface area contributed by atoms with Crippen LogP contribution in [0.25, 0.3) is 11.1 Å². The molecule has 1 aliphatic heterocycles. The third kappa shape index (κ3) is 5.58. The second kappa shape index (κ2) is 11.2. The van der Waals surface area contributed by atoms with Crippen molar-refractivity contribution in [2.24, 2.45) is 0 Å². The molecule has 3 aromatic carbocycles. The third-order valence-corrected chi connectivity index (χ3v) is 7.64. The zero-order valence-electron chi connectivity index (χ0n) is 20.7. The Balaban J connectivity index is 1.51. The molecule has 0 bridgehead atoms. The predicted molar refractivity (Wildman–Crippen MR) is 145 cm³/mol. The van der Waals surface area contributed by atoms with Crippen LogP contribution in [0.3, 0.4) is 0 Å². The fourth-order valence-electron chi connectivity index (χ4n) is 5.53. The predicted octanol–water partition coefficient (Wildman–Crippen LogP) is 6.67. The Hall–Kier alpha value is -3.28. The van der Waals surface area contributed by atoms with Crippen LogP contribution >= 0.6 is 0 Å². The van der Waals surface area contributed by atoms with E-state index in [-0.39, 0.29) is 17.2 Å². The van der Waals surface area contributed by atoms with Gasteiger partial charge in [0.15, 0.2) is 0 Å².